The van der Waals surface area contributed by atoms with E-state index in [9.17, 15) is 4.79 Å². The van der Waals surface area contributed by atoms with Crippen molar-refractivity contribution in [3.8, 4) is 0 Å². The average molecular weight is 356 g/mol. The van der Waals surface area contributed by atoms with E-state index >= 15 is 0 Å². The predicted octanol–water partition coefficient (Wildman–Crippen LogP) is 3.58. The van der Waals surface area contributed by atoms with Gasteiger partial charge >= 0.3 is 0 Å². The summed E-state index contributed by atoms with van der Waals surface area (Å²) in [6.45, 7) is 2.71. The van der Waals surface area contributed by atoms with Crippen LogP contribution in [0.5, 0.6) is 0 Å². The Balaban J connectivity index is 2.09. The van der Waals surface area contributed by atoms with Gasteiger partial charge in [0.05, 0.1) is 5.02 Å². The lowest BCUT2D eigenvalue weighted by Crippen LogP contribution is -2.14. The molecule has 20 heavy (non-hydrogen) atoms. The van der Waals surface area contributed by atoms with Gasteiger partial charge in [-0.1, -0.05) is 11.6 Å². The molecule has 0 aliphatic heterocycles. The van der Waals surface area contributed by atoms with Crippen molar-refractivity contribution < 1.29 is 4.79 Å². The lowest BCUT2D eigenvalue weighted by atomic mass is 10.3. The summed E-state index contributed by atoms with van der Waals surface area (Å²) in [6.07, 6.45) is 0. The minimum atomic E-state index is -0.324. The standard InChI is InChI=1S/C13H12BrClN4O/c1-2-16-12-6-5-11(18-19-12)13(20)17-8-3-4-10(15)9(14)7-8/h3-7H,2H2,1H3,(H,16,19)(H,17,20). The molecule has 0 unspecified atom stereocenters. The summed E-state index contributed by atoms with van der Waals surface area (Å²) in [5.74, 6) is 0.313. The maximum Gasteiger partial charge on any atom is 0.276 e. The van der Waals surface area contributed by atoms with Gasteiger partial charge in [0, 0.05) is 16.7 Å². The average Bonchev–Trinajstić information content (AvgIpc) is 2.44. The highest BCUT2D eigenvalue weighted by Crippen LogP contribution is 2.25. The van der Waals surface area contributed by atoms with Crippen LogP contribution in [0.1, 0.15) is 17.4 Å². The molecule has 2 rings (SSSR count). The number of halogens is 2. The monoisotopic (exact) mass is 354 g/mol. The molecule has 1 heterocycles. The molecule has 0 saturated heterocycles. The molecule has 0 atom stereocenters. The fourth-order valence-electron chi connectivity index (χ4n) is 1.50. The Morgan fingerprint density at radius 1 is 1.30 bits per heavy atom. The molecule has 2 N–H and O–H groups in total. The Labute approximate surface area is 129 Å². The molecule has 0 aliphatic rings. The zero-order valence-corrected chi connectivity index (χ0v) is 13.0. The first-order valence-corrected chi connectivity index (χ1v) is 7.11. The fourth-order valence-corrected chi connectivity index (χ4v) is 1.99. The summed E-state index contributed by atoms with van der Waals surface area (Å²) in [5, 5.41) is 14.1. The second kappa shape index (κ2) is 6.67. The summed E-state index contributed by atoms with van der Waals surface area (Å²) in [4.78, 5) is 12.0. The van der Waals surface area contributed by atoms with Crippen molar-refractivity contribution in [1.82, 2.24) is 10.2 Å². The molecule has 7 heteroatoms. The van der Waals surface area contributed by atoms with Crippen LogP contribution < -0.4 is 10.6 Å². The van der Waals surface area contributed by atoms with Crippen LogP contribution in [0.3, 0.4) is 0 Å². The van der Waals surface area contributed by atoms with E-state index in [0.29, 0.717) is 21.0 Å². The third kappa shape index (κ3) is 3.68. The molecule has 0 radical (unpaired) electrons. The Kier molecular flexibility index (Phi) is 4.92. The topological polar surface area (TPSA) is 66.9 Å². The van der Waals surface area contributed by atoms with Gasteiger partial charge in [0.25, 0.3) is 5.91 Å². The van der Waals surface area contributed by atoms with Gasteiger partial charge in [-0.2, -0.15) is 0 Å². The first-order valence-electron chi connectivity index (χ1n) is 5.94. The minimum Gasteiger partial charge on any atom is -0.369 e. The summed E-state index contributed by atoms with van der Waals surface area (Å²) < 4.78 is 0.713. The van der Waals surface area contributed by atoms with Crippen molar-refractivity contribution in [3.63, 3.8) is 0 Å². The van der Waals surface area contributed by atoms with E-state index in [1.54, 1.807) is 30.3 Å². The maximum absolute atomic E-state index is 12.0. The normalized spacial score (nSPS) is 10.2. The third-order valence-corrected chi connectivity index (χ3v) is 3.65. The minimum absolute atomic E-state index is 0.248. The van der Waals surface area contributed by atoms with Crippen LogP contribution in [0.15, 0.2) is 34.8 Å². The Morgan fingerprint density at radius 2 is 2.10 bits per heavy atom. The molecule has 1 amide bonds. The van der Waals surface area contributed by atoms with Crippen LogP contribution in [0.2, 0.25) is 5.02 Å². The van der Waals surface area contributed by atoms with Crippen LogP contribution in [-0.2, 0) is 0 Å². The second-order valence-corrected chi connectivity index (χ2v) is 5.18. The maximum atomic E-state index is 12.0. The van der Waals surface area contributed by atoms with Crippen molar-refractivity contribution >= 4 is 44.9 Å². The quantitative estimate of drug-likeness (QED) is 0.880. The molecule has 0 aliphatic carbocycles. The Bertz CT molecular complexity index is 618. The van der Waals surface area contributed by atoms with Crippen LogP contribution >= 0.6 is 27.5 Å². The van der Waals surface area contributed by atoms with Crippen LogP contribution in [-0.4, -0.2) is 22.6 Å². The lowest BCUT2D eigenvalue weighted by Gasteiger charge is -2.06. The van der Waals surface area contributed by atoms with Gasteiger partial charge in [0.2, 0.25) is 0 Å². The second-order valence-electron chi connectivity index (χ2n) is 3.92. The van der Waals surface area contributed by atoms with Gasteiger partial charge in [-0.25, -0.2) is 0 Å². The molecule has 1 aromatic heterocycles. The number of hydrogen-bond acceptors (Lipinski definition) is 4. The van der Waals surface area contributed by atoms with Gasteiger partial charge in [0.1, 0.15) is 5.82 Å². The Morgan fingerprint density at radius 3 is 2.70 bits per heavy atom. The highest BCUT2D eigenvalue weighted by molar-refractivity contribution is 9.10. The van der Waals surface area contributed by atoms with Crippen molar-refractivity contribution in [2.75, 3.05) is 17.2 Å². The Hall–Kier alpha value is -1.66. The number of anilines is 2. The largest absolute Gasteiger partial charge is 0.369 e. The van der Waals surface area contributed by atoms with Crippen molar-refractivity contribution in [2.24, 2.45) is 0 Å². The van der Waals surface area contributed by atoms with Crippen LogP contribution in [0.25, 0.3) is 0 Å². The number of benzene rings is 1. The fraction of sp³-hybridized carbons (Fsp3) is 0.154. The van der Waals surface area contributed by atoms with Crippen molar-refractivity contribution in [2.45, 2.75) is 6.92 Å². The summed E-state index contributed by atoms with van der Waals surface area (Å²) in [7, 11) is 0. The molecule has 0 fully saturated rings. The number of amides is 1. The van der Waals surface area contributed by atoms with Gasteiger partial charge in [-0.15, -0.1) is 10.2 Å². The number of nitrogens with one attached hydrogen (secondary N) is 2. The van der Waals surface area contributed by atoms with E-state index in [1.807, 2.05) is 6.92 Å². The number of aromatic nitrogens is 2. The van der Waals surface area contributed by atoms with E-state index in [1.165, 1.54) is 0 Å². The first-order chi connectivity index (χ1) is 9.60. The van der Waals surface area contributed by atoms with Gasteiger partial charge in [-0.05, 0) is 53.2 Å². The van der Waals surface area contributed by atoms with Gasteiger partial charge in [-0.3, -0.25) is 4.79 Å². The van der Waals surface area contributed by atoms with E-state index in [0.717, 1.165) is 6.54 Å². The number of hydrogen-bond donors (Lipinski definition) is 2. The number of carbonyl (C=O) groups excluding carboxylic acids is 1. The van der Waals surface area contributed by atoms with Crippen LogP contribution in [0.4, 0.5) is 11.5 Å². The number of nitrogens with zero attached hydrogens (tertiary/aromatic N) is 2. The van der Waals surface area contributed by atoms with E-state index in [2.05, 4.69) is 36.8 Å². The van der Waals surface area contributed by atoms with Crippen molar-refractivity contribution in [3.05, 3.63) is 45.5 Å². The SMILES string of the molecule is CCNc1ccc(C(=O)Nc2ccc(Cl)c(Br)c2)nn1. The third-order valence-electron chi connectivity index (χ3n) is 2.43. The first kappa shape index (κ1) is 14.7. The molecule has 0 bridgehead atoms. The molecule has 0 spiro atoms. The summed E-state index contributed by atoms with van der Waals surface area (Å²) >= 11 is 9.19. The molecule has 1 aromatic carbocycles. The lowest BCUT2D eigenvalue weighted by molar-refractivity contribution is 0.102. The molecular weight excluding hydrogens is 344 g/mol. The van der Waals surface area contributed by atoms with E-state index < -0.39 is 0 Å². The highest BCUT2D eigenvalue weighted by Gasteiger charge is 2.09. The summed E-state index contributed by atoms with van der Waals surface area (Å²) in [5.41, 5.74) is 0.876. The van der Waals surface area contributed by atoms with E-state index in [4.69, 9.17) is 11.6 Å². The van der Waals surface area contributed by atoms with Gasteiger partial charge in [0.15, 0.2) is 5.69 Å². The highest BCUT2D eigenvalue weighted by atomic mass is 79.9. The van der Waals surface area contributed by atoms with Crippen molar-refractivity contribution in [1.29, 1.82) is 0 Å². The zero-order valence-electron chi connectivity index (χ0n) is 10.7. The molecule has 2 aromatic rings. The smallest absolute Gasteiger partial charge is 0.276 e. The number of rotatable bonds is 4. The number of carbonyl (C=O) groups is 1. The molecule has 104 valence electrons. The predicted molar refractivity (Wildman–Crippen MR) is 83.3 cm³/mol. The zero-order chi connectivity index (χ0) is 14.5. The van der Waals surface area contributed by atoms with Crippen LogP contribution in [0, 0.1) is 0 Å². The summed E-state index contributed by atoms with van der Waals surface area (Å²) in [6, 6.07) is 8.46. The van der Waals surface area contributed by atoms with Gasteiger partial charge < -0.3 is 10.6 Å². The molecule has 5 nitrogen and oxygen atoms in total. The molecule has 0 saturated carbocycles. The van der Waals surface area contributed by atoms with E-state index in [-0.39, 0.29) is 11.6 Å². The molecular formula is C13H12BrClN4O.